The van der Waals surface area contributed by atoms with Crippen LogP contribution in [0.25, 0.3) is 0 Å². The second kappa shape index (κ2) is 5.11. The number of carbonyl (C=O) groups is 2. The smallest absolute Gasteiger partial charge is 0.230 e. The van der Waals surface area contributed by atoms with Crippen molar-refractivity contribution in [3.8, 4) is 0 Å². The molecule has 1 aromatic rings. The van der Waals surface area contributed by atoms with Crippen LogP contribution in [0.1, 0.15) is 18.4 Å². The molecular formula is C15H15FNO4-. The van der Waals surface area contributed by atoms with Gasteiger partial charge >= 0.3 is 0 Å². The molecule has 112 valence electrons. The number of carboxylic acids is 1. The average Bonchev–Trinajstić information content (AvgIpc) is 3.03. The zero-order chi connectivity index (χ0) is 15.1. The molecule has 0 unspecified atom stereocenters. The number of carboxylic acid groups (broad SMARTS) is 1. The Balaban J connectivity index is 1.81. The molecule has 2 bridgehead atoms. The fourth-order valence-electron chi connectivity index (χ4n) is 3.26. The van der Waals surface area contributed by atoms with Crippen LogP contribution in [0, 0.1) is 24.6 Å². The topological polar surface area (TPSA) is 78.5 Å². The molecule has 1 aromatic carbocycles. The van der Waals surface area contributed by atoms with E-state index in [1.54, 1.807) is 13.0 Å². The number of carbonyl (C=O) groups excluding carboxylic acids is 2. The zero-order valence-corrected chi connectivity index (χ0v) is 11.5. The lowest BCUT2D eigenvalue weighted by atomic mass is 9.78. The minimum absolute atomic E-state index is 0.0554. The number of anilines is 1. The van der Waals surface area contributed by atoms with Crippen molar-refractivity contribution in [3.63, 3.8) is 0 Å². The molecule has 2 saturated heterocycles. The average molecular weight is 292 g/mol. The number of nitrogens with one attached hydrogen (secondary N) is 1. The Hall–Kier alpha value is -1.95. The van der Waals surface area contributed by atoms with Crippen LogP contribution in [0.15, 0.2) is 18.2 Å². The summed E-state index contributed by atoms with van der Waals surface area (Å²) < 4.78 is 19.2. The molecule has 3 rings (SSSR count). The summed E-state index contributed by atoms with van der Waals surface area (Å²) in [6.07, 6.45) is 0.359. The Morgan fingerprint density at radius 3 is 2.62 bits per heavy atom. The van der Waals surface area contributed by atoms with Crippen LogP contribution < -0.4 is 10.4 Å². The van der Waals surface area contributed by atoms with Gasteiger partial charge in [0.1, 0.15) is 5.82 Å². The Kier molecular flexibility index (Phi) is 3.41. The van der Waals surface area contributed by atoms with Gasteiger partial charge in [-0.15, -0.1) is 0 Å². The Morgan fingerprint density at radius 2 is 1.95 bits per heavy atom. The van der Waals surface area contributed by atoms with Crippen LogP contribution >= 0.6 is 0 Å². The van der Waals surface area contributed by atoms with E-state index in [-0.39, 0.29) is 5.69 Å². The molecule has 1 N–H and O–H groups in total. The largest absolute Gasteiger partial charge is 0.550 e. The Morgan fingerprint density at radius 1 is 1.29 bits per heavy atom. The fourth-order valence-corrected chi connectivity index (χ4v) is 3.26. The molecule has 2 aliphatic heterocycles. The van der Waals surface area contributed by atoms with E-state index in [4.69, 9.17) is 4.74 Å². The van der Waals surface area contributed by atoms with Crippen LogP contribution in [0.4, 0.5) is 10.1 Å². The van der Waals surface area contributed by atoms with Crippen LogP contribution in [-0.4, -0.2) is 24.1 Å². The van der Waals surface area contributed by atoms with E-state index < -0.39 is 41.7 Å². The Bertz CT molecular complexity index is 603. The second-order valence-electron chi connectivity index (χ2n) is 5.63. The molecule has 0 saturated carbocycles. The van der Waals surface area contributed by atoms with Crippen LogP contribution in [0.3, 0.4) is 0 Å². The molecule has 2 heterocycles. The fraction of sp³-hybridized carbons (Fsp3) is 0.467. The SMILES string of the molecule is Cc1ccc(F)c(NC(=O)[C@@H]2[C@@H](C(=O)[O-])[C@H]3CC[C@@H]2O3)c1. The van der Waals surface area contributed by atoms with E-state index in [0.29, 0.717) is 12.8 Å². The molecule has 2 fully saturated rings. The third-order valence-electron chi connectivity index (χ3n) is 4.23. The van der Waals surface area contributed by atoms with Gasteiger partial charge in [-0.05, 0) is 37.5 Å². The van der Waals surface area contributed by atoms with E-state index in [9.17, 15) is 19.1 Å². The number of benzene rings is 1. The van der Waals surface area contributed by atoms with Gasteiger partial charge in [-0.2, -0.15) is 0 Å². The first-order valence-corrected chi connectivity index (χ1v) is 6.90. The van der Waals surface area contributed by atoms with Crippen molar-refractivity contribution in [2.75, 3.05) is 5.32 Å². The first-order valence-electron chi connectivity index (χ1n) is 6.90. The monoisotopic (exact) mass is 292 g/mol. The van der Waals surface area contributed by atoms with Crippen molar-refractivity contribution in [3.05, 3.63) is 29.6 Å². The van der Waals surface area contributed by atoms with E-state index in [2.05, 4.69) is 5.32 Å². The van der Waals surface area contributed by atoms with Gasteiger partial charge in [-0.3, -0.25) is 4.79 Å². The lowest BCUT2D eigenvalue weighted by Gasteiger charge is -2.27. The first kappa shape index (κ1) is 14.0. The minimum atomic E-state index is -1.29. The maximum atomic E-state index is 13.7. The van der Waals surface area contributed by atoms with Gasteiger partial charge in [0.05, 0.1) is 23.8 Å². The standard InChI is InChI=1S/C15H16FNO4/c1-7-2-3-8(16)9(6-7)17-14(18)12-10-4-5-11(21-10)13(12)15(19)20/h2-3,6,10-13H,4-5H2,1H3,(H,17,18)(H,19,20)/p-1/t10-,11+,12-,13-/m0/s1. The van der Waals surface area contributed by atoms with Crippen molar-refractivity contribution in [1.82, 2.24) is 0 Å². The number of hydrogen-bond acceptors (Lipinski definition) is 4. The van der Waals surface area contributed by atoms with Crippen molar-refractivity contribution < 1.29 is 23.8 Å². The molecule has 0 aliphatic carbocycles. The molecule has 0 aromatic heterocycles. The van der Waals surface area contributed by atoms with Crippen LogP contribution in [0.2, 0.25) is 0 Å². The summed E-state index contributed by atoms with van der Waals surface area (Å²) in [5.74, 6) is -4.15. The minimum Gasteiger partial charge on any atom is -0.550 e. The number of hydrogen-bond donors (Lipinski definition) is 1. The van der Waals surface area contributed by atoms with Gasteiger partial charge in [0.15, 0.2) is 0 Å². The van der Waals surface area contributed by atoms with Crippen molar-refractivity contribution in [2.45, 2.75) is 32.0 Å². The van der Waals surface area contributed by atoms with Gasteiger partial charge in [0.25, 0.3) is 0 Å². The first-order chi connectivity index (χ1) is 9.97. The number of ether oxygens (including phenoxy) is 1. The molecule has 6 heteroatoms. The summed E-state index contributed by atoms with van der Waals surface area (Å²) >= 11 is 0. The van der Waals surface area contributed by atoms with Gasteiger partial charge in [0.2, 0.25) is 5.91 Å². The van der Waals surface area contributed by atoms with Gasteiger partial charge in [-0.25, -0.2) is 4.39 Å². The number of aryl methyl sites for hydroxylation is 1. The van der Waals surface area contributed by atoms with Gasteiger partial charge in [0, 0.05) is 11.9 Å². The molecule has 21 heavy (non-hydrogen) atoms. The number of amides is 1. The van der Waals surface area contributed by atoms with Gasteiger partial charge in [-0.1, -0.05) is 6.07 Å². The van der Waals surface area contributed by atoms with E-state index >= 15 is 0 Å². The summed E-state index contributed by atoms with van der Waals surface area (Å²) in [6.45, 7) is 1.78. The van der Waals surface area contributed by atoms with Crippen molar-refractivity contribution in [1.29, 1.82) is 0 Å². The maximum absolute atomic E-state index is 13.7. The van der Waals surface area contributed by atoms with Crippen LogP contribution in [0.5, 0.6) is 0 Å². The highest BCUT2D eigenvalue weighted by atomic mass is 19.1. The predicted molar refractivity (Wildman–Crippen MR) is 69.6 cm³/mol. The third-order valence-corrected chi connectivity index (χ3v) is 4.23. The molecule has 1 amide bonds. The highest BCUT2D eigenvalue weighted by molar-refractivity contribution is 5.96. The molecule has 2 aliphatic rings. The molecule has 0 radical (unpaired) electrons. The lowest BCUT2D eigenvalue weighted by Crippen LogP contribution is -2.46. The van der Waals surface area contributed by atoms with E-state index in [1.165, 1.54) is 12.1 Å². The molecule has 5 nitrogen and oxygen atoms in total. The number of fused-ring (bicyclic) bond motifs is 2. The molecule has 0 spiro atoms. The maximum Gasteiger partial charge on any atom is 0.230 e. The zero-order valence-electron chi connectivity index (χ0n) is 11.5. The number of rotatable bonds is 3. The highest BCUT2D eigenvalue weighted by Gasteiger charge is 2.52. The molecule has 4 atom stereocenters. The van der Waals surface area contributed by atoms with Crippen LogP contribution in [-0.2, 0) is 14.3 Å². The third kappa shape index (κ3) is 2.40. The summed E-state index contributed by atoms with van der Waals surface area (Å²) in [7, 11) is 0. The van der Waals surface area contributed by atoms with Crippen molar-refractivity contribution in [2.24, 2.45) is 11.8 Å². The summed E-state index contributed by atoms with van der Waals surface area (Å²) in [5.41, 5.74) is 0.854. The summed E-state index contributed by atoms with van der Waals surface area (Å²) in [4.78, 5) is 23.6. The summed E-state index contributed by atoms with van der Waals surface area (Å²) in [5, 5.41) is 13.7. The predicted octanol–water partition coefficient (Wildman–Crippen LogP) is 0.616. The number of aliphatic carboxylic acids is 1. The lowest BCUT2D eigenvalue weighted by molar-refractivity contribution is -0.313. The van der Waals surface area contributed by atoms with Crippen molar-refractivity contribution >= 4 is 17.6 Å². The summed E-state index contributed by atoms with van der Waals surface area (Å²) in [6, 6.07) is 4.36. The normalized spacial score (nSPS) is 30.4. The number of halogens is 1. The molecular weight excluding hydrogens is 277 g/mol. The van der Waals surface area contributed by atoms with E-state index in [0.717, 1.165) is 5.56 Å². The second-order valence-corrected chi connectivity index (χ2v) is 5.63. The van der Waals surface area contributed by atoms with E-state index in [1.807, 2.05) is 0 Å². The Labute approximate surface area is 121 Å². The highest BCUT2D eigenvalue weighted by Crippen LogP contribution is 2.43. The quantitative estimate of drug-likeness (QED) is 0.885. The van der Waals surface area contributed by atoms with Gasteiger partial charge < -0.3 is 20.0 Å².